The van der Waals surface area contributed by atoms with Crippen LogP contribution >= 0.6 is 11.6 Å². The summed E-state index contributed by atoms with van der Waals surface area (Å²) in [6.07, 6.45) is 0. The molecule has 0 radical (unpaired) electrons. The SMILES string of the molecule is CC(CNC(=O)COc1ccc(-c2ccccc2)cc1Cl)N1CCOCC1. The van der Waals surface area contributed by atoms with Crippen LogP contribution in [-0.4, -0.2) is 56.3 Å². The molecule has 144 valence electrons. The van der Waals surface area contributed by atoms with E-state index in [-0.39, 0.29) is 18.6 Å². The van der Waals surface area contributed by atoms with Gasteiger partial charge in [-0.15, -0.1) is 0 Å². The lowest BCUT2D eigenvalue weighted by molar-refractivity contribution is -0.123. The van der Waals surface area contributed by atoms with Gasteiger partial charge < -0.3 is 14.8 Å². The van der Waals surface area contributed by atoms with E-state index in [0.717, 1.165) is 37.4 Å². The largest absolute Gasteiger partial charge is 0.482 e. The van der Waals surface area contributed by atoms with Crippen LogP contribution in [0.4, 0.5) is 0 Å². The molecule has 27 heavy (non-hydrogen) atoms. The Balaban J connectivity index is 1.47. The second kappa shape index (κ2) is 9.74. The maximum Gasteiger partial charge on any atom is 0.257 e. The van der Waals surface area contributed by atoms with E-state index in [1.165, 1.54) is 0 Å². The highest BCUT2D eigenvalue weighted by Crippen LogP contribution is 2.30. The fourth-order valence-electron chi connectivity index (χ4n) is 3.03. The summed E-state index contributed by atoms with van der Waals surface area (Å²) in [5, 5.41) is 3.41. The summed E-state index contributed by atoms with van der Waals surface area (Å²) in [6.45, 7) is 5.93. The van der Waals surface area contributed by atoms with Crippen LogP contribution in [0.3, 0.4) is 0 Å². The molecule has 1 heterocycles. The van der Waals surface area contributed by atoms with Crippen molar-refractivity contribution in [3.8, 4) is 16.9 Å². The fourth-order valence-corrected chi connectivity index (χ4v) is 3.27. The highest BCUT2D eigenvalue weighted by atomic mass is 35.5. The maximum atomic E-state index is 12.1. The third-order valence-corrected chi connectivity index (χ3v) is 4.96. The first-order valence-corrected chi connectivity index (χ1v) is 9.57. The van der Waals surface area contributed by atoms with Crippen molar-refractivity contribution in [3.63, 3.8) is 0 Å². The van der Waals surface area contributed by atoms with Gasteiger partial charge in [0.05, 0.1) is 18.2 Å². The number of nitrogens with one attached hydrogen (secondary N) is 1. The lowest BCUT2D eigenvalue weighted by atomic mass is 10.1. The van der Waals surface area contributed by atoms with Crippen LogP contribution < -0.4 is 10.1 Å². The van der Waals surface area contributed by atoms with Crippen molar-refractivity contribution in [2.24, 2.45) is 0 Å². The van der Waals surface area contributed by atoms with Gasteiger partial charge in [-0.2, -0.15) is 0 Å². The van der Waals surface area contributed by atoms with E-state index in [1.807, 2.05) is 42.5 Å². The number of hydrogen-bond acceptors (Lipinski definition) is 4. The van der Waals surface area contributed by atoms with Crippen molar-refractivity contribution in [1.82, 2.24) is 10.2 Å². The van der Waals surface area contributed by atoms with E-state index >= 15 is 0 Å². The van der Waals surface area contributed by atoms with Crippen molar-refractivity contribution < 1.29 is 14.3 Å². The number of amides is 1. The molecule has 1 saturated heterocycles. The van der Waals surface area contributed by atoms with Crippen molar-refractivity contribution in [1.29, 1.82) is 0 Å². The van der Waals surface area contributed by atoms with E-state index in [1.54, 1.807) is 6.07 Å². The highest BCUT2D eigenvalue weighted by molar-refractivity contribution is 6.32. The monoisotopic (exact) mass is 388 g/mol. The number of ether oxygens (including phenoxy) is 2. The number of rotatable bonds is 7. The molecule has 3 rings (SSSR count). The molecule has 0 bridgehead atoms. The second-order valence-electron chi connectivity index (χ2n) is 6.60. The molecule has 6 heteroatoms. The quantitative estimate of drug-likeness (QED) is 0.791. The van der Waals surface area contributed by atoms with Gasteiger partial charge in [0, 0.05) is 25.7 Å². The number of carbonyl (C=O) groups excluding carboxylic acids is 1. The molecular weight excluding hydrogens is 364 g/mol. The minimum atomic E-state index is -0.154. The third kappa shape index (κ3) is 5.70. The molecule has 0 aliphatic carbocycles. The van der Waals surface area contributed by atoms with Crippen LogP contribution in [0.5, 0.6) is 5.75 Å². The predicted octanol–water partition coefficient (Wildman–Crippen LogP) is 3.22. The first-order chi connectivity index (χ1) is 13.1. The van der Waals surface area contributed by atoms with Gasteiger partial charge in [-0.3, -0.25) is 9.69 Å². The number of hydrogen-bond donors (Lipinski definition) is 1. The van der Waals surface area contributed by atoms with Crippen molar-refractivity contribution in [2.75, 3.05) is 39.5 Å². The van der Waals surface area contributed by atoms with E-state index < -0.39 is 0 Å². The molecule has 5 nitrogen and oxygen atoms in total. The Labute approximate surface area is 165 Å². The van der Waals surface area contributed by atoms with Crippen LogP contribution in [0, 0.1) is 0 Å². The average molecular weight is 389 g/mol. The van der Waals surface area contributed by atoms with Crippen molar-refractivity contribution >= 4 is 17.5 Å². The number of benzene rings is 2. The number of nitrogens with zero attached hydrogens (tertiary/aromatic N) is 1. The van der Waals surface area contributed by atoms with E-state index in [2.05, 4.69) is 17.1 Å². The zero-order chi connectivity index (χ0) is 19.1. The van der Waals surface area contributed by atoms with E-state index in [0.29, 0.717) is 17.3 Å². The third-order valence-electron chi connectivity index (χ3n) is 4.66. The molecule has 0 aromatic heterocycles. The Hall–Kier alpha value is -2.08. The van der Waals surface area contributed by atoms with Crippen LogP contribution in [0.15, 0.2) is 48.5 Å². The Morgan fingerprint density at radius 1 is 1.19 bits per heavy atom. The molecule has 1 N–H and O–H groups in total. The fraction of sp³-hybridized carbons (Fsp3) is 0.381. The zero-order valence-electron chi connectivity index (χ0n) is 15.5. The van der Waals surface area contributed by atoms with E-state index in [4.69, 9.17) is 21.1 Å². The molecule has 2 aromatic rings. The second-order valence-corrected chi connectivity index (χ2v) is 7.01. The molecule has 1 unspecified atom stereocenters. The lowest BCUT2D eigenvalue weighted by Crippen LogP contribution is -2.47. The number of halogens is 1. The first-order valence-electron chi connectivity index (χ1n) is 9.20. The van der Waals surface area contributed by atoms with Crippen LogP contribution in [0.2, 0.25) is 5.02 Å². The van der Waals surface area contributed by atoms with Crippen molar-refractivity contribution in [3.05, 3.63) is 53.6 Å². The molecule has 1 amide bonds. The Morgan fingerprint density at radius 2 is 1.93 bits per heavy atom. The van der Waals surface area contributed by atoms with Gasteiger partial charge >= 0.3 is 0 Å². The first kappa shape index (κ1) is 19.7. The predicted molar refractivity (Wildman–Crippen MR) is 107 cm³/mol. The Bertz CT molecular complexity index is 748. The maximum absolute atomic E-state index is 12.1. The zero-order valence-corrected chi connectivity index (χ0v) is 16.2. The molecule has 2 aromatic carbocycles. The summed E-state index contributed by atoms with van der Waals surface area (Å²) >= 11 is 6.32. The summed E-state index contributed by atoms with van der Waals surface area (Å²) in [5.74, 6) is 0.353. The molecule has 0 saturated carbocycles. The topological polar surface area (TPSA) is 50.8 Å². The summed E-state index contributed by atoms with van der Waals surface area (Å²) in [6, 6.07) is 15.8. The normalized spacial score (nSPS) is 15.9. The van der Waals surface area contributed by atoms with Crippen LogP contribution in [0.1, 0.15) is 6.92 Å². The summed E-state index contributed by atoms with van der Waals surface area (Å²) in [4.78, 5) is 14.4. The summed E-state index contributed by atoms with van der Waals surface area (Å²) in [5.41, 5.74) is 2.09. The van der Waals surface area contributed by atoms with Gasteiger partial charge in [-0.1, -0.05) is 48.0 Å². The minimum Gasteiger partial charge on any atom is -0.482 e. The molecular formula is C21H25ClN2O3. The van der Waals surface area contributed by atoms with Gasteiger partial charge in [0.2, 0.25) is 0 Å². The summed E-state index contributed by atoms with van der Waals surface area (Å²) < 4.78 is 10.9. The van der Waals surface area contributed by atoms with E-state index in [9.17, 15) is 4.79 Å². The summed E-state index contributed by atoms with van der Waals surface area (Å²) in [7, 11) is 0. The molecule has 1 fully saturated rings. The Morgan fingerprint density at radius 3 is 2.63 bits per heavy atom. The average Bonchev–Trinajstić information content (AvgIpc) is 2.72. The molecule has 0 spiro atoms. The van der Waals surface area contributed by atoms with Gasteiger partial charge in [-0.05, 0) is 30.2 Å². The highest BCUT2D eigenvalue weighted by Gasteiger charge is 2.17. The van der Waals surface area contributed by atoms with Crippen molar-refractivity contribution in [2.45, 2.75) is 13.0 Å². The Kier molecular flexibility index (Phi) is 7.10. The number of morpholine rings is 1. The standard InChI is InChI=1S/C21H25ClN2O3/c1-16(24-9-11-26-12-10-24)14-23-21(25)15-27-20-8-7-18(13-19(20)22)17-5-3-2-4-6-17/h2-8,13,16H,9-12,14-15H2,1H3,(H,23,25). The lowest BCUT2D eigenvalue weighted by Gasteiger charge is -2.32. The number of carbonyl (C=O) groups is 1. The van der Waals surface area contributed by atoms with Gasteiger partial charge in [0.15, 0.2) is 6.61 Å². The molecule has 1 aliphatic heterocycles. The molecule has 1 atom stereocenters. The van der Waals surface area contributed by atoms with Gasteiger partial charge in [-0.25, -0.2) is 0 Å². The van der Waals surface area contributed by atoms with Gasteiger partial charge in [0.25, 0.3) is 5.91 Å². The van der Waals surface area contributed by atoms with Gasteiger partial charge in [0.1, 0.15) is 5.75 Å². The molecule has 1 aliphatic rings. The van der Waals surface area contributed by atoms with Crippen LogP contribution in [-0.2, 0) is 9.53 Å². The smallest absolute Gasteiger partial charge is 0.257 e. The van der Waals surface area contributed by atoms with Crippen LogP contribution in [0.25, 0.3) is 11.1 Å². The minimum absolute atomic E-state index is 0.0553.